The van der Waals surface area contributed by atoms with Gasteiger partial charge in [-0.25, -0.2) is 4.39 Å². The van der Waals surface area contributed by atoms with Gasteiger partial charge in [0.2, 0.25) is 0 Å². The third-order valence-electron chi connectivity index (χ3n) is 2.93. The van der Waals surface area contributed by atoms with Crippen molar-refractivity contribution >= 4 is 17.4 Å². The molecular formula is C13H21FN2S. The van der Waals surface area contributed by atoms with Gasteiger partial charge in [0.1, 0.15) is 5.82 Å². The summed E-state index contributed by atoms with van der Waals surface area (Å²) in [6.45, 7) is 3.97. The Morgan fingerprint density at radius 3 is 2.59 bits per heavy atom. The van der Waals surface area contributed by atoms with E-state index in [0.29, 0.717) is 5.69 Å². The van der Waals surface area contributed by atoms with Crippen LogP contribution in [0.2, 0.25) is 0 Å². The lowest BCUT2D eigenvalue weighted by Crippen LogP contribution is -2.33. The Morgan fingerprint density at radius 1 is 1.41 bits per heavy atom. The zero-order chi connectivity index (χ0) is 13.0. The Labute approximate surface area is 107 Å². The van der Waals surface area contributed by atoms with E-state index in [1.54, 1.807) is 17.8 Å². The fourth-order valence-electron chi connectivity index (χ4n) is 1.84. The van der Waals surface area contributed by atoms with Crippen LogP contribution in [0.5, 0.6) is 0 Å². The predicted octanol–water partition coefficient (Wildman–Crippen LogP) is 3.03. The summed E-state index contributed by atoms with van der Waals surface area (Å²) in [5.41, 5.74) is 7.39. The highest BCUT2D eigenvalue weighted by Gasteiger charge is 2.18. The molecule has 1 unspecified atom stereocenters. The van der Waals surface area contributed by atoms with Crippen LogP contribution in [0.4, 0.5) is 10.1 Å². The molecule has 1 aromatic carbocycles. The molecule has 0 aliphatic rings. The number of nitrogens with two attached hydrogens (primary N) is 1. The summed E-state index contributed by atoms with van der Waals surface area (Å²) in [7, 11) is 1.92. The van der Waals surface area contributed by atoms with Crippen LogP contribution in [0.15, 0.2) is 18.2 Å². The summed E-state index contributed by atoms with van der Waals surface area (Å²) in [5.74, 6) is 0.763. The van der Waals surface area contributed by atoms with Crippen molar-refractivity contribution in [2.75, 3.05) is 24.0 Å². The molecule has 0 spiro atoms. The average molecular weight is 256 g/mol. The van der Waals surface area contributed by atoms with Crippen LogP contribution in [0.3, 0.4) is 0 Å². The topological polar surface area (TPSA) is 29.3 Å². The summed E-state index contributed by atoms with van der Waals surface area (Å²) in [6.07, 6.45) is 2.05. The van der Waals surface area contributed by atoms with Gasteiger partial charge >= 0.3 is 0 Å². The molecule has 0 radical (unpaired) electrons. The normalized spacial score (nSPS) is 14.5. The molecule has 0 saturated carbocycles. The van der Waals surface area contributed by atoms with Crippen LogP contribution >= 0.6 is 11.8 Å². The lowest BCUT2D eigenvalue weighted by molar-refractivity contribution is 0.608. The van der Waals surface area contributed by atoms with Crippen LogP contribution in [-0.2, 0) is 0 Å². The van der Waals surface area contributed by atoms with Crippen molar-refractivity contribution in [1.82, 2.24) is 0 Å². The average Bonchev–Trinajstić information content (AvgIpc) is 2.28. The molecule has 0 saturated heterocycles. The predicted molar refractivity (Wildman–Crippen MR) is 75.2 cm³/mol. The maximum Gasteiger partial charge on any atom is 0.146 e. The minimum absolute atomic E-state index is 0.162. The molecule has 2 N–H and O–H groups in total. The second-order valence-electron chi connectivity index (χ2n) is 4.38. The van der Waals surface area contributed by atoms with E-state index < -0.39 is 0 Å². The van der Waals surface area contributed by atoms with Gasteiger partial charge in [-0.15, -0.1) is 0 Å². The monoisotopic (exact) mass is 256 g/mol. The Hall–Kier alpha value is -0.740. The standard InChI is InChI=1S/C13H21FN2S/c1-9(8-17-4)16(3)13-11(10(2)15)6-5-7-12(13)14/h5-7,9-10H,8,15H2,1-4H3/t9?,10-/m0/s1. The highest BCUT2D eigenvalue weighted by atomic mass is 32.2. The number of halogens is 1. The van der Waals surface area contributed by atoms with Gasteiger partial charge in [-0.05, 0) is 31.7 Å². The molecule has 0 bridgehead atoms. The number of anilines is 1. The zero-order valence-corrected chi connectivity index (χ0v) is 11.7. The van der Waals surface area contributed by atoms with Crippen LogP contribution in [0, 0.1) is 5.82 Å². The molecule has 0 heterocycles. The van der Waals surface area contributed by atoms with Crippen molar-refractivity contribution in [1.29, 1.82) is 0 Å². The number of rotatable bonds is 5. The molecule has 0 amide bonds. The maximum atomic E-state index is 14.0. The first-order valence-corrected chi connectivity index (χ1v) is 7.14. The molecule has 0 fully saturated rings. The van der Waals surface area contributed by atoms with Crippen LogP contribution in [0.1, 0.15) is 25.5 Å². The Bertz CT molecular complexity index is 368. The van der Waals surface area contributed by atoms with E-state index in [2.05, 4.69) is 13.2 Å². The molecule has 0 aromatic heterocycles. The van der Waals surface area contributed by atoms with E-state index >= 15 is 0 Å². The second-order valence-corrected chi connectivity index (χ2v) is 5.29. The number of thioether (sulfide) groups is 1. The largest absolute Gasteiger partial charge is 0.368 e. The van der Waals surface area contributed by atoms with Gasteiger partial charge in [0.05, 0.1) is 5.69 Å². The van der Waals surface area contributed by atoms with Crippen molar-refractivity contribution in [3.63, 3.8) is 0 Å². The Morgan fingerprint density at radius 2 is 2.06 bits per heavy atom. The third kappa shape index (κ3) is 3.36. The fourth-order valence-corrected chi connectivity index (χ4v) is 2.55. The molecule has 0 aliphatic carbocycles. The van der Waals surface area contributed by atoms with Crippen molar-refractivity contribution in [3.8, 4) is 0 Å². The maximum absolute atomic E-state index is 14.0. The van der Waals surface area contributed by atoms with E-state index in [1.165, 1.54) is 6.07 Å². The van der Waals surface area contributed by atoms with Crippen molar-refractivity contribution in [2.24, 2.45) is 5.73 Å². The van der Waals surface area contributed by atoms with Crippen LogP contribution < -0.4 is 10.6 Å². The Balaban J connectivity index is 3.10. The first-order valence-electron chi connectivity index (χ1n) is 5.74. The molecule has 2 nitrogen and oxygen atoms in total. The summed E-state index contributed by atoms with van der Waals surface area (Å²) in [4.78, 5) is 1.98. The molecule has 2 atom stereocenters. The molecule has 0 aliphatic heterocycles. The summed E-state index contributed by atoms with van der Waals surface area (Å²) < 4.78 is 14.0. The number of hydrogen-bond donors (Lipinski definition) is 1. The van der Waals surface area contributed by atoms with Crippen LogP contribution in [0.25, 0.3) is 0 Å². The fraction of sp³-hybridized carbons (Fsp3) is 0.538. The van der Waals surface area contributed by atoms with Gasteiger partial charge in [0.25, 0.3) is 0 Å². The summed E-state index contributed by atoms with van der Waals surface area (Å²) in [5, 5.41) is 0. The number of hydrogen-bond acceptors (Lipinski definition) is 3. The van der Waals surface area contributed by atoms with Gasteiger partial charge in [0, 0.05) is 24.9 Å². The molecule has 1 rings (SSSR count). The highest BCUT2D eigenvalue weighted by Crippen LogP contribution is 2.29. The van der Waals surface area contributed by atoms with Gasteiger partial charge in [0.15, 0.2) is 0 Å². The Kier molecular flexibility index (Phi) is 5.28. The van der Waals surface area contributed by atoms with E-state index in [-0.39, 0.29) is 17.9 Å². The zero-order valence-electron chi connectivity index (χ0n) is 10.9. The van der Waals surface area contributed by atoms with E-state index in [4.69, 9.17) is 5.73 Å². The molecule has 4 heteroatoms. The summed E-state index contributed by atoms with van der Waals surface area (Å²) >= 11 is 1.76. The first-order chi connectivity index (χ1) is 7.99. The smallest absolute Gasteiger partial charge is 0.146 e. The molecule has 17 heavy (non-hydrogen) atoms. The number of benzene rings is 1. The minimum atomic E-state index is -0.199. The van der Waals surface area contributed by atoms with E-state index in [0.717, 1.165) is 11.3 Å². The number of nitrogens with zero attached hydrogens (tertiary/aromatic N) is 1. The SMILES string of the molecule is CSCC(C)N(C)c1c(F)cccc1[C@H](C)N. The lowest BCUT2D eigenvalue weighted by atomic mass is 10.0. The highest BCUT2D eigenvalue weighted by molar-refractivity contribution is 7.98. The first kappa shape index (κ1) is 14.3. The lowest BCUT2D eigenvalue weighted by Gasteiger charge is -2.29. The molecule has 1 aromatic rings. The third-order valence-corrected chi connectivity index (χ3v) is 3.75. The van der Waals surface area contributed by atoms with E-state index in [9.17, 15) is 4.39 Å². The van der Waals surface area contributed by atoms with Gasteiger partial charge in [-0.1, -0.05) is 12.1 Å². The molecule has 96 valence electrons. The van der Waals surface area contributed by atoms with Crippen molar-refractivity contribution in [3.05, 3.63) is 29.6 Å². The summed E-state index contributed by atoms with van der Waals surface area (Å²) in [6, 6.07) is 5.21. The molecular weight excluding hydrogens is 235 g/mol. The second kappa shape index (κ2) is 6.26. The van der Waals surface area contributed by atoms with E-state index in [1.807, 2.05) is 24.9 Å². The van der Waals surface area contributed by atoms with Crippen molar-refractivity contribution < 1.29 is 4.39 Å². The van der Waals surface area contributed by atoms with Gasteiger partial charge in [-0.2, -0.15) is 11.8 Å². The minimum Gasteiger partial charge on any atom is -0.368 e. The number of para-hydroxylation sites is 1. The quantitative estimate of drug-likeness (QED) is 0.878. The van der Waals surface area contributed by atoms with Gasteiger partial charge in [-0.3, -0.25) is 0 Å². The van der Waals surface area contributed by atoms with Crippen LogP contribution in [-0.4, -0.2) is 25.1 Å². The van der Waals surface area contributed by atoms with Gasteiger partial charge < -0.3 is 10.6 Å². The van der Waals surface area contributed by atoms with Crippen molar-refractivity contribution in [2.45, 2.75) is 25.9 Å².